The minimum absolute atomic E-state index is 0.319. The predicted molar refractivity (Wildman–Crippen MR) is 61.8 cm³/mol. The smallest absolute Gasteiger partial charge is 0.187 e. The van der Waals surface area contributed by atoms with Crippen LogP contribution in [-0.2, 0) is 6.54 Å². The van der Waals surface area contributed by atoms with Gasteiger partial charge in [0.2, 0.25) is 0 Å². The molecular formula is C10H17N3OS. The molecule has 0 saturated heterocycles. The fourth-order valence-electron chi connectivity index (χ4n) is 1.06. The molecule has 0 bridgehead atoms. The van der Waals surface area contributed by atoms with Gasteiger partial charge in [0.15, 0.2) is 5.16 Å². The van der Waals surface area contributed by atoms with Crippen LogP contribution in [0, 0.1) is 0 Å². The molecule has 1 atom stereocenters. The van der Waals surface area contributed by atoms with E-state index in [1.165, 1.54) is 0 Å². The first-order valence-corrected chi connectivity index (χ1v) is 6.03. The zero-order valence-corrected chi connectivity index (χ0v) is 9.92. The summed E-state index contributed by atoms with van der Waals surface area (Å²) < 4.78 is 0. The summed E-state index contributed by atoms with van der Waals surface area (Å²) in [5.41, 5.74) is 1.04. The van der Waals surface area contributed by atoms with E-state index in [1.807, 2.05) is 12.4 Å². The lowest BCUT2D eigenvalue weighted by molar-refractivity contribution is 0.191. The Morgan fingerprint density at radius 3 is 2.67 bits per heavy atom. The number of nitrogens with zero attached hydrogens (tertiary/aromatic N) is 2. The van der Waals surface area contributed by atoms with Crippen molar-refractivity contribution in [3.63, 3.8) is 0 Å². The molecule has 4 nitrogen and oxygen atoms in total. The molecule has 1 aromatic rings. The quantitative estimate of drug-likeness (QED) is 0.562. The molecule has 1 rings (SSSR count). The number of hydrogen-bond donors (Lipinski definition) is 2. The first kappa shape index (κ1) is 12.4. The molecule has 0 saturated carbocycles. The topological polar surface area (TPSA) is 58.0 Å². The number of thioether (sulfide) groups is 1. The average molecular weight is 227 g/mol. The van der Waals surface area contributed by atoms with Gasteiger partial charge in [-0.2, -0.15) is 0 Å². The minimum Gasteiger partial charge on any atom is -0.392 e. The molecule has 0 aliphatic carbocycles. The van der Waals surface area contributed by atoms with E-state index in [2.05, 4.69) is 22.2 Å². The Labute approximate surface area is 94.5 Å². The molecule has 1 heterocycles. The van der Waals surface area contributed by atoms with Crippen molar-refractivity contribution in [2.75, 3.05) is 12.3 Å². The van der Waals surface area contributed by atoms with E-state index in [9.17, 15) is 0 Å². The van der Waals surface area contributed by atoms with Gasteiger partial charge in [0.25, 0.3) is 0 Å². The van der Waals surface area contributed by atoms with Crippen LogP contribution in [0.2, 0.25) is 0 Å². The Hall–Kier alpha value is -0.650. The summed E-state index contributed by atoms with van der Waals surface area (Å²) in [6.45, 7) is 5.12. The van der Waals surface area contributed by atoms with Crippen molar-refractivity contribution >= 4 is 11.8 Å². The zero-order chi connectivity index (χ0) is 11.1. The standard InChI is InChI=1S/C10H17N3OS/c1-3-15-10-12-6-9(7-13-10)5-11-4-8(2)14/h6-8,11,14H,3-5H2,1-2H3/t8-/m1/s1. The highest BCUT2D eigenvalue weighted by molar-refractivity contribution is 7.99. The normalized spacial score (nSPS) is 12.7. The molecule has 0 aliphatic rings. The molecule has 0 spiro atoms. The second-order valence-corrected chi connectivity index (χ2v) is 4.52. The maximum atomic E-state index is 9.05. The van der Waals surface area contributed by atoms with Gasteiger partial charge in [0, 0.05) is 31.0 Å². The highest BCUT2D eigenvalue weighted by Gasteiger charge is 1.98. The van der Waals surface area contributed by atoms with Gasteiger partial charge in [-0.05, 0) is 12.7 Å². The molecule has 0 unspecified atom stereocenters. The predicted octanol–water partition coefficient (Wildman–Crippen LogP) is 1.06. The number of hydrogen-bond acceptors (Lipinski definition) is 5. The Kier molecular flexibility index (Phi) is 5.60. The molecule has 1 aromatic heterocycles. The summed E-state index contributed by atoms with van der Waals surface area (Å²) in [4.78, 5) is 8.43. The summed E-state index contributed by atoms with van der Waals surface area (Å²) in [6, 6.07) is 0. The van der Waals surface area contributed by atoms with Gasteiger partial charge in [0.1, 0.15) is 0 Å². The Morgan fingerprint density at radius 1 is 1.47 bits per heavy atom. The summed E-state index contributed by atoms with van der Waals surface area (Å²) in [5, 5.41) is 13.0. The monoisotopic (exact) mass is 227 g/mol. The highest BCUT2D eigenvalue weighted by Crippen LogP contribution is 2.10. The van der Waals surface area contributed by atoms with Crippen molar-refractivity contribution < 1.29 is 5.11 Å². The summed E-state index contributed by atoms with van der Waals surface area (Å²) in [6.07, 6.45) is 3.32. The fraction of sp³-hybridized carbons (Fsp3) is 0.600. The van der Waals surface area contributed by atoms with Gasteiger partial charge in [-0.15, -0.1) is 0 Å². The van der Waals surface area contributed by atoms with Crippen LogP contribution in [0.1, 0.15) is 19.4 Å². The maximum absolute atomic E-state index is 9.05. The number of nitrogens with one attached hydrogen (secondary N) is 1. The SMILES string of the molecule is CCSc1ncc(CNC[C@@H](C)O)cn1. The van der Waals surface area contributed by atoms with E-state index < -0.39 is 0 Å². The minimum atomic E-state index is -0.319. The van der Waals surface area contributed by atoms with Gasteiger partial charge in [-0.3, -0.25) is 0 Å². The fourth-order valence-corrected chi connectivity index (χ4v) is 1.58. The van der Waals surface area contributed by atoms with Crippen molar-refractivity contribution in [1.29, 1.82) is 0 Å². The third-order valence-corrected chi connectivity index (χ3v) is 2.48. The van der Waals surface area contributed by atoms with E-state index in [1.54, 1.807) is 18.7 Å². The number of aliphatic hydroxyl groups is 1. The van der Waals surface area contributed by atoms with Crippen LogP contribution in [0.25, 0.3) is 0 Å². The summed E-state index contributed by atoms with van der Waals surface area (Å²) in [7, 11) is 0. The van der Waals surface area contributed by atoms with E-state index >= 15 is 0 Å². The second kappa shape index (κ2) is 6.76. The van der Waals surface area contributed by atoms with Crippen LogP contribution in [0.4, 0.5) is 0 Å². The molecule has 0 radical (unpaired) electrons. The van der Waals surface area contributed by atoms with Crippen molar-refractivity contribution in [1.82, 2.24) is 15.3 Å². The van der Waals surface area contributed by atoms with Gasteiger partial charge < -0.3 is 10.4 Å². The van der Waals surface area contributed by atoms with Crippen molar-refractivity contribution in [2.24, 2.45) is 0 Å². The molecule has 0 aliphatic heterocycles. The Balaban J connectivity index is 2.36. The Bertz CT molecular complexity index is 277. The molecule has 5 heteroatoms. The first-order valence-electron chi connectivity index (χ1n) is 5.05. The lowest BCUT2D eigenvalue weighted by atomic mass is 10.3. The van der Waals surface area contributed by atoms with Crippen molar-refractivity contribution in [3.8, 4) is 0 Å². The number of aliphatic hydroxyl groups excluding tert-OH is 1. The summed E-state index contributed by atoms with van der Waals surface area (Å²) in [5.74, 6) is 0.986. The van der Waals surface area contributed by atoms with Gasteiger partial charge in [-0.25, -0.2) is 9.97 Å². The van der Waals surface area contributed by atoms with Crippen LogP contribution in [-0.4, -0.2) is 33.5 Å². The maximum Gasteiger partial charge on any atom is 0.187 e. The van der Waals surface area contributed by atoms with E-state index in [4.69, 9.17) is 5.11 Å². The third-order valence-electron chi connectivity index (χ3n) is 1.72. The highest BCUT2D eigenvalue weighted by atomic mass is 32.2. The molecule has 15 heavy (non-hydrogen) atoms. The largest absolute Gasteiger partial charge is 0.392 e. The summed E-state index contributed by atoms with van der Waals surface area (Å²) >= 11 is 1.63. The van der Waals surface area contributed by atoms with Crippen LogP contribution in [0.15, 0.2) is 17.6 Å². The van der Waals surface area contributed by atoms with Crippen molar-refractivity contribution in [2.45, 2.75) is 31.7 Å². The molecule has 84 valence electrons. The molecule has 0 aromatic carbocycles. The number of aromatic nitrogens is 2. The van der Waals surface area contributed by atoms with Crippen LogP contribution < -0.4 is 5.32 Å². The van der Waals surface area contributed by atoms with E-state index in [-0.39, 0.29) is 6.10 Å². The van der Waals surface area contributed by atoms with Crippen molar-refractivity contribution in [3.05, 3.63) is 18.0 Å². The van der Waals surface area contributed by atoms with Gasteiger partial charge in [0.05, 0.1) is 6.10 Å². The second-order valence-electron chi connectivity index (χ2n) is 3.29. The molecule has 0 amide bonds. The molecule has 0 fully saturated rings. The van der Waals surface area contributed by atoms with E-state index in [0.29, 0.717) is 13.1 Å². The van der Waals surface area contributed by atoms with Crippen LogP contribution >= 0.6 is 11.8 Å². The lowest BCUT2D eigenvalue weighted by Crippen LogP contribution is -2.23. The molecular weight excluding hydrogens is 210 g/mol. The molecule has 2 N–H and O–H groups in total. The third kappa shape index (κ3) is 5.11. The number of rotatable bonds is 6. The first-order chi connectivity index (χ1) is 7.22. The van der Waals surface area contributed by atoms with Gasteiger partial charge >= 0.3 is 0 Å². The zero-order valence-electron chi connectivity index (χ0n) is 9.10. The average Bonchev–Trinajstić information content (AvgIpc) is 2.20. The Morgan fingerprint density at radius 2 is 2.13 bits per heavy atom. The lowest BCUT2D eigenvalue weighted by Gasteiger charge is -2.06. The van der Waals surface area contributed by atoms with E-state index in [0.717, 1.165) is 16.5 Å². The van der Waals surface area contributed by atoms with Gasteiger partial charge in [-0.1, -0.05) is 18.7 Å². The van der Waals surface area contributed by atoms with Crippen LogP contribution in [0.5, 0.6) is 0 Å². The van der Waals surface area contributed by atoms with Crippen LogP contribution in [0.3, 0.4) is 0 Å².